The topological polar surface area (TPSA) is 124 Å². The third-order valence-corrected chi connectivity index (χ3v) is 17.2. The maximum absolute atomic E-state index is 14.3. The predicted octanol–water partition coefficient (Wildman–Crippen LogP) is 8.98. The quantitative estimate of drug-likeness (QED) is 0.200. The van der Waals surface area contributed by atoms with Crippen molar-refractivity contribution in [1.29, 1.82) is 0 Å². The Labute approximate surface area is 352 Å². The molecule has 0 bridgehead atoms. The lowest BCUT2D eigenvalue weighted by molar-refractivity contribution is -0.235. The average Bonchev–Trinajstić information content (AvgIpc) is 3.43. The predicted molar refractivity (Wildman–Crippen MR) is 227 cm³/mol. The van der Waals surface area contributed by atoms with E-state index in [1.54, 1.807) is 18.7 Å². The summed E-state index contributed by atoms with van der Waals surface area (Å²) in [6.45, 7) is 20.1. The molecule has 0 aromatic heterocycles. The molecule has 1 aromatic rings. The summed E-state index contributed by atoms with van der Waals surface area (Å²) in [6, 6.07) is 7.50. The van der Waals surface area contributed by atoms with E-state index < -0.39 is 28.9 Å². The van der Waals surface area contributed by atoms with Crippen molar-refractivity contribution in [2.75, 3.05) is 27.2 Å². The number of aliphatic hydroxyl groups is 1. The number of amides is 1. The molecule has 0 radical (unpaired) electrons. The summed E-state index contributed by atoms with van der Waals surface area (Å²) in [5.74, 6) is -0.430. The molecule has 5 aliphatic rings. The van der Waals surface area contributed by atoms with Crippen LogP contribution >= 0.6 is 11.6 Å². The summed E-state index contributed by atoms with van der Waals surface area (Å²) in [5.41, 5.74) is 0.730. The van der Waals surface area contributed by atoms with Gasteiger partial charge in [0.05, 0.1) is 24.5 Å². The zero-order valence-corrected chi connectivity index (χ0v) is 37.9. The second-order valence-corrected chi connectivity index (χ2v) is 22.1. The van der Waals surface area contributed by atoms with Crippen LogP contribution in [0.15, 0.2) is 35.4 Å². The van der Waals surface area contributed by atoms with E-state index in [2.05, 4.69) is 48.5 Å². The molecular formula is C48H71ClN2O7. The van der Waals surface area contributed by atoms with Crippen LogP contribution < -0.4 is 0 Å². The number of halogens is 1. The van der Waals surface area contributed by atoms with Crippen molar-refractivity contribution >= 4 is 35.2 Å². The number of nitrogens with zero attached hydrogens (tertiary/aromatic N) is 2. The molecule has 1 aromatic carbocycles. The van der Waals surface area contributed by atoms with Gasteiger partial charge >= 0.3 is 11.9 Å². The summed E-state index contributed by atoms with van der Waals surface area (Å²) in [7, 11) is 3.75. The van der Waals surface area contributed by atoms with Gasteiger partial charge in [-0.25, -0.2) is 0 Å². The highest BCUT2D eigenvalue weighted by molar-refractivity contribution is 6.30. The fraction of sp³-hybridized carbons (Fsp3) is 0.750. The van der Waals surface area contributed by atoms with Gasteiger partial charge in [0.25, 0.3) is 0 Å². The number of fused-ring (bicyclic) bond motifs is 7. The second kappa shape index (κ2) is 15.6. The molecule has 5 aliphatic carbocycles. The molecule has 9 nitrogen and oxygen atoms in total. The largest absolute Gasteiger partial charge is 0.481 e. The number of carboxylic acid groups (broad SMARTS) is 1. The molecule has 2 N–H and O–H groups in total. The number of hydrogen-bond acceptors (Lipinski definition) is 7. The number of ether oxygens (including phenoxy) is 1. The van der Waals surface area contributed by atoms with E-state index in [9.17, 15) is 29.4 Å². The van der Waals surface area contributed by atoms with Crippen molar-refractivity contribution in [3.63, 3.8) is 0 Å². The number of likely N-dealkylation sites (N-methyl/N-ethyl adjacent to an activating group) is 1. The minimum atomic E-state index is -1.19. The van der Waals surface area contributed by atoms with E-state index in [-0.39, 0.29) is 77.2 Å². The van der Waals surface area contributed by atoms with Crippen LogP contribution in [0.25, 0.3) is 0 Å². The van der Waals surface area contributed by atoms with Gasteiger partial charge in [0, 0.05) is 35.4 Å². The lowest BCUT2D eigenvalue weighted by atomic mass is 9.33. The number of carbonyl (C=O) groups is 4. The molecule has 0 spiro atoms. The average molecular weight is 824 g/mol. The standard InChI is InChI=1S/C48H71ClN2O7/c1-29(2)40-33(52)24-48(36(53)27-51(38(54)28-50(10)11)26-30-12-14-31(49)15-13-30)23-22-46(8)32(41(40)48)16-17-35-45(7)20-19-37(58-39(55)25-43(3,4)42(56)57)44(5,6)34(45)18-21-47(35,46)9/h12-15,29,32,34-37,53H,16-28H2,1-11H3,(H,56,57)/t32-,34+,35-,36+,37+,45+,46-,47-,48+/m1/s1. The van der Waals surface area contributed by atoms with E-state index in [1.807, 2.05) is 43.3 Å². The molecule has 58 heavy (non-hydrogen) atoms. The number of aliphatic hydroxyl groups excluding tert-OH is 1. The van der Waals surface area contributed by atoms with Crippen molar-refractivity contribution in [1.82, 2.24) is 9.80 Å². The zero-order valence-electron chi connectivity index (χ0n) is 37.2. The molecule has 10 heteroatoms. The first kappa shape index (κ1) is 44.8. The number of Topliss-reactive ketones (excluding diaryl/α,β-unsaturated/α-hetero) is 1. The summed E-state index contributed by atoms with van der Waals surface area (Å²) >= 11 is 6.20. The summed E-state index contributed by atoms with van der Waals surface area (Å²) in [4.78, 5) is 56.7. The first-order valence-corrected chi connectivity index (χ1v) is 22.3. The number of ketones is 1. The minimum Gasteiger partial charge on any atom is -0.481 e. The van der Waals surface area contributed by atoms with Crippen LogP contribution in [0.1, 0.15) is 132 Å². The summed E-state index contributed by atoms with van der Waals surface area (Å²) in [6.07, 6.45) is 6.25. The number of benzene rings is 1. The highest BCUT2D eigenvalue weighted by Crippen LogP contribution is 2.77. The van der Waals surface area contributed by atoms with Gasteiger partial charge < -0.3 is 24.7 Å². The molecule has 0 aliphatic heterocycles. The van der Waals surface area contributed by atoms with E-state index >= 15 is 0 Å². The van der Waals surface area contributed by atoms with Gasteiger partial charge in [-0.1, -0.05) is 77.8 Å². The van der Waals surface area contributed by atoms with Crippen molar-refractivity contribution in [2.45, 2.75) is 145 Å². The Hall–Kier alpha value is -2.75. The van der Waals surface area contributed by atoms with Gasteiger partial charge in [0.2, 0.25) is 5.91 Å². The normalized spacial score (nSPS) is 34.8. The summed E-state index contributed by atoms with van der Waals surface area (Å²) in [5, 5.41) is 22.9. The molecule has 1 amide bonds. The number of allylic oxidation sites excluding steroid dienone is 1. The highest BCUT2D eigenvalue weighted by Gasteiger charge is 2.71. The Morgan fingerprint density at radius 1 is 0.914 bits per heavy atom. The molecule has 0 unspecified atom stereocenters. The molecular weight excluding hydrogens is 752 g/mol. The Bertz CT molecular complexity index is 1820. The van der Waals surface area contributed by atoms with E-state index in [0.717, 1.165) is 56.1 Å². The molecule has 6 rings (SSSR count). The van der Waals surface area contributed by atoms with Crippen molar-refractivity contribution in [3.8, 4) is 0 Å². The van der Waals surface area contributed by atoms with Gasteiger partial charge in [-0.3, -0.25) is 19.2 Å². The molecule has 4 saturated carbocycles. The van der Waals surface area contributed by atoms with Crippen LogP contribution in [-0.2, 0) is 30.5 Å². The van der Waals surface area contributed by atoms with E-state index in [4.69, 9.17) is 16.3 Å². The van der Waals surface area contributed by atoms with E-state index in [1.165, 1.54) is 5.57 Å². The molecule has 0 saturated heterocycles. The van der Waals surface area contributed by atoms with E-state index in [0.29, 0.717) is 29.8 Å². The first-order chi connectivity index (χ1) is 26.8. The fourth-order valence-corrected chi connectivity index (χ4v) is 13.9. The molecule has 322 valence electrons. The Kier molecular flexibility index (Phi) is 12.1. The Morgan fingerprint density at radius 3 is 2.17 bits per heavy atom. The highest BCUT2D eigenvalue weighted by atomic mass is 35.5. The fourth-order valence-electron chi connectivity index (χ4n) is 13.7. The monoisotopic (exact) mass is 822 g/mol. The Morgan fingerprint density at radius 2 is 1.57 bits per heavy atom. The van der Waals surface area contributed by atoms with Gasteiger partial charge in [-0.2, -0.15) is 0 Å². The minimum absolute atomic E-state index is 0.0114. The third-order valence-electron chi connectivity index (χ3n) is 17.0. The van der Waals surface area contributed by atoms with Gasteiger partial charge in [-0.15, -0.1) is 0 Å². The van der Waals surface area contributed by atoms with Gasteiger partial charge in [0.1, 0.15) is 6.10 Å². The zero-order chi connectivity index (χ0) is 43.0. The van der Waals surface area contributed by atoms with Crippen LogP contribution in [0.4, 0.5) is 0 Å². The number of esters is 1. The number of carboxylic acids is 1. The van der Waals surface area contributed by atoms with Crippen molar-refractivity contribution in [2.24, 2.45) is 56.2 Å². The number of aliphatic carboxylic acids is 1. The maximum Gasteiger partial charge on any atom is 0.309 e. The molecule has 9 atom stereocenters. The maximum atomic E-state index is 14.3. The first-order valence-electron chi connectivity index (χ1n) is 21.9. The van der Waals surface area contributed by atoms with Gasteiger partial charge in [-0.05, 0) is 142 Å². The third kappa shape index (κ3) is 7.39. The lowest BCUT2D eigenvalue weighted by Gasteiger charge is -2.72. The second-order valence-electron chi connectivity index (χ2n) is 21.7. The number of rotatable bonds is 12. The van der Waals surface area contributed by atoms with Crippen LogP contribution in [0.2, 0.25) is 5.02 Å². The van der Waals surface area contributed by atoms with Crippen LogP contribution in [0.5, 0.6) is 0 Å². The number of hydrogen-bond donors (Lipinski definition) is 2. The molecule has 4 fully saturated rings. The smallest absolute Gasteiger partial charge is 0.309 e. The Balaban J connectivity index is 1.30. The van der Waals surface area contributed by atoms with Gasteiger partial charge in [0.15, 0.2) is 5.78 Å². The van der Waals surface area contributed by atoms with Crippen molar-refractivity contribution < 1.29 is 34.1 Å². The lowest BCUT2D eigenvalue weighted by Crippen LogP contribution is -2.66. The number of carbonyl (C=O) groups excluding carboxylic acids is 3. The SMILES string of the molecule is CC(C)C1=C2[C@H]3CC[C@@H]4[C@@]5(C)CC[C@H](OC(=O)CC(C)(C)C(=O)O)C(C)(C)[C@@H]5CC[C@@]4(C)[C@]3(C)CC[C@@]2([C@@H](O)CN(Cc2ccc(Cl)cc2)C(=O)CN(C)C)CC1=O. The molecule has 0 heterocycles. The van der Waals surface area contributed by atoms with Crippen molar-refractivity contribution in [3.05, 3.63) is 46.0 Å². The summed E-state index contributed by atoms with van der Waals surface area (Å²) < 4.78 is 6.18. The van der Waals surface area contributed by atoms with Crippen LogP contribution in [0.3, 0.4) is 0 Å². The van der Waals surface area contributed by atoms with Crippen LogP contribution in [0, 0.1) is 56.2 Å². The van der Waals surface area contributed by atoms with Crippen LogP contribution in [-0.4, -0.2) is 83.0 Å².